The number of carbonyl (C=O) groups is 1. The van der Waals surface area contributed by atoms with Gasteiger partial charge in [0, 0.05) is 25.2 Å². The standard InChI is InChI=1S/C16H10ClF3N2O4/c17-13-6-11(22(24)25)5-10-8-21(15(23)14(10)13)7-9-1-3-12(4-2-9)26-16(18,19)20/h1-6H,7-8H2. The van der Waals surface area contributed by atoms with E-state index in [4.69, 9.17) is 11.6 Å². The lowest BCUT2D eigenvalue weighted by Gasteiger charge is -2.16. The molecule has 6 nitrogen and oxygen atoms in total. The van der Waals surface area contributed by atoms with Crippen molar-refractivity contribution >= 4 is 23.2 Å². The van der Waals surface area contributed by atoms with Crippen molar-refractivity contribution in [3.8, 4) is 5.75 Å². The molecule has 3 rings (SSSR count). The van der Waals surface area contributed by atoms with E-state index in [1.165, 1.54) is 23.1 Å². The molecule has 0 spiro atoms. The van der Waals surface area contributed by atoms with Crippen LogP contribution in [0.5, 0.6) is 5.75 Å². The number of benzene rings is 2. The molecule has 1 amide bonds. The molecule has 136 valence electrons. The lowest BCUT2D eigenvalue weighted by Crippen LogP contribution is -2.23. The Labute approximate surface area is 149 Å². The number of halogens is 4. The van der Waals surface area contributed by atoms with Crippen LogP contribution < -0.4 is 4.74 Å². The summed E-state index contributed by atoms with van der Waals surface area (Å²) in [6.45, 7) is 0.236. The van der Waals surface area contributed by atoms with Crippen LogP contribution in [-0.2, 0) is 13.1 Å². The van der Waals surface area contributed by atoms with Crippen LogP contribution in [0.4, 0.5) is 18.9 Å². The average molecular weight is 387 g/mol. The lowest BCUT2D eigenvalue weighted by atomic mass is 10.1. The highest BCUT2D eigenvalue weighted by molar-refractivity contribution is 6.34. The summed E-state index contributed by atoms with van der Waals surface area (Å²) in [6.07, 6.45) is -4.78. The van der Waals surface area contributed by atoms with Crippen LogP contribution >= 0.6 is 11.6 Å². The van der Waals surface area contributed by atoms with E-state index in [0.29, 0.717) is 11.1 Å². The van der Waals surface area contributed by atoms with E-state index < -0.39 is 17.2 Å². The summed E-state index contributed by atoms with van der Waals surface area (Å²) in [4.78, 5) is 24.2. The summed E-state index contributed by atoms with van der Waals surface area (Å²) >= 11 is 5.99. The first-order valence-electron chi connectivity index (χ1n) is 7.25. The number of hydrogen-bond donors (Lipinski definition) is 0. The highest BCUT2D eigenvalue weighted by atomic mass is 35.5. The van der Waals surface area contributed by atoms with E-state index >= 15 is 0 Å². The van der Waals surface area contributed by atoms with Crippen LogP contribution in [0.15, 0.2) is 36.4 Å². The zero-order valence-electron chi connectivity index (χ0n) is 12.9. The molecule has 0 N–H and O–H groups in total. The van der Waals surface area contributed by atoms with Gasteiger partial charge in [-0.2, -0.15) is 0 Å². The van der Waals surface area contributed by atoms with Gasteiger partial charge in [-0.3, -0.25) is 14.9 Å². The maximum absolute atomic E-state index is 12.5. The van der Waals surface area contributed by atoms with Gasteiger partial charge in [0.2, 0.25) is 0 Å². The minimum Gasteiger partial charge on any atom is -0.406 e. The summed E-state index contributed by atoms with van der Waals surface area (Å²) in [6, 6.07) is 7.51. The van der Waals surface area contributed by atoms with E-state index in [0.717, 1.165) is 18.2 Å². The van der Waals surface area contributed by atoms with Gasteiger partial charge in [0.25, 0.3) is 11.6 Å². The summed E-state index contributed by atoms with van der Waals surface area (Å²) in [5.74, 6) is -0.758. The monoisotopic (exact) mass is 386 g/mol. The van der Waals surface area contributed by atoms with Crippen LogP contribution in [0.3, 0.4) is 0 Å². The Morgan fingerprint density at radius 3 is 2.46 bits per heavy atom. The molecule has 2 aromatic carbocycles. The molecule has 0 saturated heterocycles. The van der Waals surface area contributed by atoms with Crippen molar-refractivity contribution in [1.82, 2.24) is 4.90 Å². The number of amides is 1. The van der Waals surface area contributed by atoms with Crippen LogP contribution in [0.25, 0.3) is 0 Å². The first kappa shape index (κ1) is 18.0. The fourth-order valence-corrected chi connectivity index (χ4v) is 3.01. The number of fused-ring (bicyclic) bond motifs is 1. The van der Waals surface area contributed by atoms with Crippen LogP contribution in [0, 0.1) is 10.1 Å². The van der Waals surface area contributed by atoms with Gasteiger partial charge in [-0.15, -0.1) is 13.2 Å². The Bertz CT molecular complexity index is 884. The molecule has 1 heterocycles. The zero-order chi connectivity index (χ0) is 19.1. The highest BCUT2D eigenvalue weighted by Gasteiger charge is 2.33. The minimum absolute atomic E-state index is 0.00405. The fourth-order valence-electron chi connectivity index (χ4n) is 2.70. The second kappa shape index (κ2) is 6.49. The van der Waals surface area contributed by atoms with Crippen molar-refractivity contribution in [2.24, 2.45) is 0 Å². The Morgan fingerprint density at radius 2 is 1.88 bits per heavy atom. The number of carbonyl (C=O) groups excluding carboxylic acids is 1. The summed E-state index contributed by atoms with van der Waals surface area (Å²) < 4.78 is 40.3. The minimum atomic E-state index is -4.78. The molecule has 0 aromatic heterocycles. The second-order valence-electron chi connectivity index (χ2n) is 5.57. The van der Waals surface area contributed by atoms with Crippen LogP contribution in [0.2, 0.25) is 5.02 Å². The molecule has 0 saturated carbocycles. The third-order valence-corrected chi connectivity index (χ3v) is 4.06. The fraction of sp³-hybridized carbons (Fsp3) is 0.188. The van der Waals surface area contributed by atoms with Crippen molar-refractivity contribution in [2.75, 3.05) is 0 Å². The number of nitrogens with zero attached hydrogens (tertiary/aromatic N) is 2. The van der Waals surface area contributed by atoms with Gasteiger partial charge in [-0.1, -0.05) is 23.7 Å². The lowest BCUT2D eigenvalue weighted by molar-refractivity contribution is -0.384. The molecule has 1 aliphatic rings. The average Bonchev–Trinajstić information content (AvgIpc) is 2.84. The van der Waals surface area contributed by atoms with Gasteiger partial charge in [0.15, 0.2) is 0 Å². The zero-order valence-corrected chi connectivity index (χ0v) is 13.7. The maximum Gasteiger partial charge on any atom is 0.573 e. The summed E-state index contributed by atoms with van der Waals surface area (Å²) in [7, 11) is 0. The molecule has 1 aliphatic heterocycles. The van der Waals surface area contributed by atoms with Gasteiger partial charge in [-0.05, 0) is 23.3 Å². The summed E-state index contributed by atoms with van der Waals surface area (Å²) in [5, 5.41) is 10.9. The third kappa shape index (κ3) is 3.72. The van der Waals surface area contributed by atoms with Crippen molar-refractivity contribution in [2.45, 2.75) is 19.5 Å². The van der Waals surface area contributed by atoms with Gasteiger partial charge in [0.05, 0.1) is 15.5 Å². The highest BCUT2D eigenvalue weighted by Crippen LogP contribution is 2.34. The molecule has 0 unspecified atom stereocenters. The van der Waals surface area contributed by atoms with E-state index in [1.807, 2.05) is 0 Å². The number of non-ortho nitro benzene ring substituents is 1. The van der Waals surface area contributed by atoms with Gasteiger partial charge < -0.3 is 9.64 Å². The predicted octanol–water partition coefficient (Wildman–Crippen LogP) is 4.30. The van der Waals surface area contributed by atoms with Gasteiger partial charge in [-0.25, -0.2) is 0 Å². The number of ether oxygens (including phenoxy) is 1. The van der Waals surface area contributed by atoms with E-state index in [-0.39, 0.29) is 35.1 Å². The molecule has 2 aromatic rings. The molecule has 26 heavy (non-hydrogen) atoms. The number of hydrogen-bond acceptors (Lipinski definition) is 4. The Kier molecular flexibility index (Phi) is 4.49. The molecule has 0 radical (unpaired) electrons. The number of nitro groups is 1. The molecular formula is C16H10ClF3N2O4. The maximum atomic E-state index is 12.5. The second-order valence-corrected chi connectivity index (χ2v) is 5.98. The molecule has 0 fully saturated rings. The molecule has 0 aliphatic carbocycles. The van der Waals surface area contributed by atoms with Crippen molar-refractivity contribution in [3.05, 3.63) is 68.2 Å². The molecule has 0 atom stereocenters. The Balaban J connectivity index is 1.76. The van der Waals surface area contributed by atoms with Gasteiger partial charge >= 0.3 is 6.36 Å². The van der Waals surface area contributed by atoms with E-state index in [2.05, 4.69) is 4.74 Å². The number of nitro benzene ring substituents is 1. The molecule has 10 heteroatoms. The summed E-state index contributed by atoms with van der Waals surface area (Å²) in [5.41, 5.74) is 1.00. The molecule has 0 bridgehead atoms. The third-order valence-electron chi connectivity index (χ3n) is 3.76. The first-order chi connectivity index (χ1) is 12.1. The van der Waals surface area contributed by atoms with Crippen LogP contribution in [-0.4, -0.2) is 22.1 Å². The van der Waals surface area contributed by atoms with E-state index in [9.17, 15) is 28.1 Å². The SMILES string of the molecule is O=C1c2c(Cl)cc([N+](=O)[O-])cc2CN1Cc1ccc(OC(F)(F)F)cc1. The van der Waals surface area contributed by atoms with Crippen molar-refractivity contribution < 1.29 is 27.6 Å². The largest absolute Gasteiger partial charge is 0.573 e. The first-order valence-corrected chi connectivity index (χ1v) is 7.62. The Morgan fingerprint density at radius 1 is 1.23 bits per heavy atom. The quantitative estimate of drug-likeness (QED) is 0.580. The van der Waals surface area contributed by atoms with Crippen LogP contribution in [0.1, 0.15) is 21.5 Å². The molecular weight excluding hydrogens is 377 g/mol. The number of rotatable bonds is 4. The Hall–Kier alpha value is -2.81. The van der Waals surface area contributed by atoms with Crippen molar-refractivity contribution in [1.29, 1.82) is 0 Å². The smallest absolute Gasteiger partial charge is 0.406 e. The van der Waals surface area contributed by atoms with Gasteiger partial charge in [0.1, 0.15) is 5.75 Å². The predicted molar refractivity (Wildman–Crippen MR) is 84.8 cm³/mol. The number of alkyl halides is 3. The topological polar surface area (TPSA) is 72.7 Å². The van der Waals surface area contributed by atoms with Crippen molar-refractivity contribution in [3.63, 3.8) is 0 Å². The normalized spacial score (nSPS) is 13.7. The van der Waals surface area contributed by atoms with E-state index in [1.54, 1.807) is 0 Å².